The third-order valence-electron chi connectivity index (χ3n) is 3.67. The molecule has 0 aliphatic rings. The summed E-state index contributed by atoms with van der Waals surface area (Å²) in [6.07, 6.45) is 1.46. The van der Waals surface area contributed by atoms with Crippen molar-refractivity contribution < 1.29 is 14.6 Å². The van der Waals surface area contributed by atoms with Crippen molar-refractivity contribution in [3.8, 4) is 17.6 Å². The van der Waals surface area contributed by atoms with Crippen molar-refractivity contribution in [2.45, 2.75) is 16.3 Å². The first kappa shape index (κ1) is 20.0. The third-order valence-corrected chi connectivity index (χ3v) is 4.61. The number of hydrogen-bond donors (Lipinski definition) is 3. The average molecular weight is 407 g/mol. The van der Waals surface area contributed by atoms with Gasteiger partial charge in [-0.05, 0) is 42.5 Å². The van der Waals surface area contributed by atoms with Crippen LogP contribution in [-0.2, 0) is 4.79 Å². The fraction of sp³-hybridized carbons (Fsp3) is 0.100. The Morgan fingerprint density at radius 1 is 1.21 bits per heavy atom. The van der Waals surface area contributed by atoms with Gasteiger partial charge in [-0.3, -0.25) is 4.79 Å². The van der Waals surface area contributed by atoms with E-state index in [1.54, 1.807) is 36.5 Å². The van der Waals surface area contributed by atoms with Crippen LogP contribution in [0.3, 0.4) is 0 Å². The molecule has 3 aromatic rings. The Labute approximate surface area is 171 Å². The first-order valence-electron chi connectivity index (χ1n) is 8.49. The first-order valence-corrected chi connectivity index (χ1v) is 9.31. The van der Waals surface area contributed by atoms with Gasteiger partial charge in [0.1, 0.15) is 11.4 Å². The lowest BCUT2D eigenvalue weighted by Gasteiger charge is -2.09. The molecule has 0 saturated heterocycles. The van der Waals surface area contributed by atoms with Crippen LogP contribution in [0.1, 0.15) is 6.42 Å². The minimum Gasteiger partial charge on any atom is -0.504 e. The molecular formula is C20H17N5O3S. The number of rotatable bonds is 7. The molecule has 0 radical (unpaired) electrons. The van der Waals surface area contributed by atoms with E-state index in [1.165, 1.54) is 24.9 Å². The molecule has 9 heteroatoms. The number of anilines is 3. The summed E-state index contributed by atoms with van der Waals surface area (Å²) in [5.41, 5.74) is 1.31. The lowest BCUT2D eigenvalue weighted by atomic mass is 10.3. The number of benzene rings is 2. The molecule has 0 bridgehead atoms. The third kappa shape index (κ3) is 5.60. The summed E-state index contributed by atoms with van der Waals surface area (Å²) in [4.78, 5) is 21.1. The van der Waals surface area contributed by atoms with Crippen LogP contribution in [0.2, 0.25) is 0 Å². The Bertz CT molecular complexity index is 1050. The summed E-state index contributed by atoms with van der Waals surface area (Å²) in [5.74, 6) is 0.464. The van der Waals surface area contributed by atoms with Gasteiger partial charge >= 0.3 is 0 Å². The Kier molecular flexibility index (Phi) is 6.50. The van der Waals surface area contributed by atoms with Gasteiger partial charge in [0.2, 0.25) is 11.9 Å². The zero-order valence-corrected chi connectivity index (χ0v) is 16.2. The van der Waals surface area contributed by atoms with Crippen LogP contribution in [0, 0.1) is 11.3 Å². The van der Waals surface area contributed by atoms with Crippen molar-refractivity contribution in [3.63, 3.8) is 0 Å². The number of nitrogens with zero attached hydrogens (tertiary/aromatic N) is 3. The molecule has 0 aliphatic heterocycles. The van der Waals surface area contributed by atoms with Gasteiger partial charge in [0.15, 0.2) is 11.5 Å². The standard InChI is InChI=1S/C20H17N5O3S/c1-28-17-12-14(4-7-16(17)26)24-20-22-11-9-19(25-20)29-15-5-2-13(3-6-15)23-18(27)8-10-21/h2-7,9,11-12,26H,8H2,1H3,(H,23,27)(H,22,24,25). The van der Waals surface area contributed by atoms with Gasteiger partial charge in [-0.1, -0.05) is 11.8 Å². The number of phenolic OH excluding ortho intramolecular Hbond substituents is 1. The minimum atomic E-state index is -0.342. The maximum absolute atomic E-state index is 11.5. The Hall–Kier alpha value is -3.77. The smallest absolute Gasteiger partial charge is 0.238 e. The SMILES string of the molecule is COc1cc(Nc2nccc(Sc3ccc(NC(=O)CC#N)cc3)n2)ccc1O. The van der Waals surface area contributed by atoms with Crippen molar-refractivity contribution in [1.29, 1.82) is 5.26 Å². The highest BCUT2D eigenvalue weighted by molar-refractivity contribution is 7.99. The summed E-state index contributed by atoms with van der Waals surface area (Å²) in [7, 11) is 1.48. The second-order valence-corrected chi connectivity index (χ2v) is 6.83. The monoisotopic (exact) mass is 407 g/mol. The number of nitrogens with one attached hydrogen (secondary N) is 2. The number of methoxy groups -OCH3 is 1. The van der Waals surface area contributed by atoms with E-state index in [0.717, 1.165) is 9.92 Å². The minimum absolute atomic E-state index is 0.0514. The van der Waals surface area contributed by atoms with E-state index < -0.39 is 0 Å². The second-order valence-electron chi connectivity index (χ2n) is 5.74. The molecule has 2 aromatic carbocycles. The number of hydrogen-bond acceptors (Lipinski definition) is 8. The maximum Gasteiger partial charge on any atom is 0.238 e. The summed E-state index contributed by atoms with van der Waals surface area (Å²) in [6.45, 7) is 0. The molecule has 0 fully saturated rings. The van der Waals surface area contributed by atoms with E-state index in [-0.39, 0.29) is 18.1 Å². The molecular weight excluding hydrogens is 390 g/mol. The Morgan fingerprint density at radius 2 is 1.97 bits per heavy atom. The van der Waals surface area contributed by atoms with Gasteiger partial charge in [-0.25, -0.2) is 9.97 Å². The molecule has 1 heterocycles. The number of carbonyl (C=O) groups is 1. The molecule has 146 valence electrons. The first-order chi connectivity index (χ1) is 14.1. The maximum atomic E-state index is 11.5. The van der Waals surface area contributed by atoms with Crippen LogP contribution in [0.25, 0.3) is 0 Å². The van der Waals surface area contributed by atoms with Gasteiger partial charge < -0.3 is 20.5 Å². The lowest BCUT2D eigenvalue weighted by Crippen LogP contribution is -2.09. The van der Waals surface area contributed by atoms with Gasteiger partial charge in [0.05, 0.1) is 13.2 Å². The van der Waals surface area contributed by atoms with Crippen molar-refractivity contribution in [3.05, 3.63) is 54.7 Å². The quantitative estimate of drug-likeness (QED) is 0.398. The van der Waals surface area contributed by atoms with Crippen molar-refractivity contribution >= 4 is 35.0 Å². The molecule has 1 amide bonds. The number of aromatic nitrogens is 2. The molecule has 29 heavy (non-hydrogen) atoms. The predicted molar refractivity (Wildman–Crippen MR) is 109 cm³/mol. The van der Waals surface area contributed by atoms with Gasteiger partial charge in [-0.15, -0.1) is 0 Å². The van der Waals surface area contributed by atoms with Crippen LogP contribution in [0.4, 0.5) is 17.3 Å². The van der Waals surface area contributed by atoms with Crippen molar-refractivity contribution in [2.75, 3.05) is 17.7 Å². The molecule has 3 rings (SSSR count). The van der Waals surface area contributed by atoms with Crippen LogP contribution in [-0.4, -0.2) is 28.1 Å². The summed E-state index contributed by atoms with van der Waals surface area (Å²) in [5, 5.41) is 24.7. The predicted octanol–water partition coefficient (Wildman–Crippen LogP) is 3.94. The summed E-state index contributed by atoms with van der Waals surface area (Å²) >= 11 is 1.44. The highest BCUT2D eigenvalue weighted by Crippen LogP contribution is 2.31. The summed E-state index contributed by atoms with van der Waals surface area (Å²) < 4.78 is 5.10. The number of aromatic hydroxyl groups is 1. The lowest BCUT2D eigenvalue weighted by molar-refractivity contribution is -0.115. The Morgan fingerprint density at radius 3 is 2.69 bits per heavy atom. The van der Waals surface area contributed by atoms with Crippen LogP contribution in [0.15, 0.2) is 64.6 Å². The van der Waals surface area contributed by atoms with Crippen LogP contribution < -0.4 is 15.4 Å². The van der Waals surface area contributed by atoms with Gasteiger partial charge in [0, 0.05) is 28.5 Å². The highest BCUT2D eigenvalue weighted by Gasteiger charge is 2.07. The molecule has 8 nitrogen and oxygen atoms in total. The fourth-order valence-electron chi connectivity index (χ4n) is 2.35. The summed E-state index contributed by atoms with van der Waals surface area (Å²) in [6, 6.07) is 15.7. The zero-order chi connectivity index (χ0) is 20.6. The highest BCUT2D eigenvalue weighted by atomic mass is 32.2. The van der Waals surface area contributed by atoms with Gasteiger partial charge in [0.25, 0.3) is 0 Å². The number of carbonyl (C=O) groups excluding carboxylic acids is 1. The number of amides is 1. The van der Waals surface area contributed by atoms with E-state index in [9.17, 15) is 9.90 Å². The normalized spacial score (nSPS) is 10.1. The fourth-order valence-corrected chi connectivity index (χ4v) is 3.12. The molecule has 0 unspecified atom stereocenters. The van der Waals surface area contributed by atoms with E-state index >= 15 is 0 Å². The van der Waals surface area contributed by atoms with Crippen molar-refractivity contribution in [2.24, 2.45) is 0 Å². The van der Waals surface area contributed by atoms with Gasteiger partial charge in [-0.2, -0.15) is 5.26 Å². The average Bonchev–Trinajstić information content (AvgIpc) is 2.71. The Balaban J connectivity index is 1.67. The van der Waals surface area contributed by atoms with E-state index in [1.807, 2.05) is 18.2 Å². The zero-order valence-electron chi connectivity index (χ0n) is 15.4. The molecule has 1 aromatic heterocycles. The number of nitriles is 1. The number of ether oxygens (including phenoxy) is 1. The number of phenols is 1. The molecule has 0 atom stereocenters. The van der Waals surface area contributed by atoms with Crippen LogP contribution >= 0.6 is 11.8 Å². The van der Waals surface area contributed by atoms with E-state index in [0.29, 0.717) is 23.1 Å². The van der Waals surface area contributed by atoms with E-state index in [2.05, 4.69) is 20.6 Å². The topological polar surface area (TPSA) is 120 Å². The molecule has 3 N–H and O–H groups in total. The molecule has 0 saturated carbocycles. The van der Waals surface area contributed by atoms with Crippen molar-refractivity contribution in [1.82, 2.24) is 9.97 Å². The second kappa shape index (κ2) is 9.43. The van der Waals surface area contributed by atoms with E-state index in [4.69, 9.17) is 10.00 Å². The molecule has 0 aliphatic carbocycles. The molecule has 0 spiro atoms. The van der Waals surface area contributed by atoms with Crippen LogP contribution in [0.5, 0.6) is 11.5 Å². The largest absolute Gasteiger partial charge is 0.504 e.